The van der Waals surface area contributed by atoms with Crippen LogP contribution < -0.4 is 10.6 Å². The molecule has 0 radical (unpaired) electrons. The van der Waals surface area contributed by atoms with E-state index in [4.69, 9.17) is 0 Å². The number of amides is 1. The van der Waals surface area contributed by atoms with Crippen LogP contribution in [-0.4, -0.2) is 19.0 Å². The molecule has 120 valence electrons. The molecule has 3 nitrogen and oxygen atoms in total. The number of nitrogens with one attached hydrogen (secondary N) is 2. The van der Waals surface area contributed by atoms with Gasteiger partial charge in [-0.3, -0.25) is 4.79 Å². The third-order valence-electron chi connectivity index (χ3n) is 5.21. The lowest BCUT2D eigenvalue weighted by Gasteiger charge is -2.28. The Morgan fingerprint density at radius 2 is 2.05 bits per heavy atom. The van der Waals surface area contributed by atoms with Crippen molar-refractivity contribution in [3.05, 3.63) is 35.6 Å². The summed E-state index contributed by atoms with van der Waals surface area (Å²) in [7, 11) is 0. The second kappa shape index (κ2) is 6.37. The highest BCUT2D eigenvalue weighted by Crippen LogP contribution is 2.46. The van der Waals surface area contributed by atoms with Gasteiger partial charge >= 0.3 is 0 Å². The first-order valence-electron chi connectivity index (χ1n) is 8.37. The Balaban J connectivity index is 1.58. The molecule has 1 unspecified atom stereocenters. The van der Waals surface area contributed by atoms with Crippen LogP contribution in [0.15, 0.2) is 24.3 Å². The Kier molecular flexibility index (Phi) is 4.48. The minimum absolute atomic E-state index is 0.0618. The van der Waals surface area contributed by atoms with Crippen LogP contribution in [0, 0.1) is 17.7 Å². The molecule has 0 spiro atoms. The first-order chi connectivity index (χ1) is 10.6. The van der Waals surface area contributed by atoms with Crippen molar-refractivity contribution in [2.24, 2.45) is 11.8 Å². The van der Waals surface area contributed by atoms with Crippen molar-refractivity contribution in [2.45, 2.75) is 44.6 Å². The highest BCUT2D eigenvalue weighted by atomic mass is 19.1. The molecule has 0 aromatic heterocycles. The van der Waals surface area contributed by atoms with E-state index in [0.29, 0.717) is 23.8 Å². The summed E-state index contributed by atoms with van der Waals surface area (Å²) in [6.07, 6.45) is 4.50. The van der Waals surface area contributed by atoms with Crippen molar-refractivity contribution >= 4 is 5.91 Å². The van der Waals surface area contributed by atoms with Crippen LogP contribution in [0.3, 0.4) is 0 Å². The van der Waals surface area contributed by atoms with Crippen molar-refractivity contribution in [3.63, 3.8) is 0 Å². The lowest BCUT2D eigenvalue weighted by molar-refractivity contribution is -0.123. The van der Waals surface area contributed by atoms with Gasteiger partial charge in [0.2, 0.25) is 5.91 Å². The summed E-state index contributed by atoms with van der Waals surface area (Å²) in [5.41, 5.74) is 0.189. The van der Waals surface area contributed by atoms with Crippen LogP contribution in [0.25, 0.3) is 0 Å². The number of halogens is 1. The van der Waals surface area contributed by atoms with Gasteiger partial charge in [0, 0.05) is 12.0 Å². The van der Waals surface area contributed by atoms with E-state index in [1.54, 1.807) is 12.1 Å². The molecule has 2 N–H and O–H groups in total. The third-order valence-corrected chi connectivity index (χ3v) is 5.21. The molecule has 4 heteroatoms. The number of carbonyl (C=O) groups is 1. The Morgan fingerprint density at radius 3 is 2.68 bits per heavy atom. The molecule has 3 rings (SSSR count). The highest BCUT2D eigenvalue weighted by molar-refractivity contribution is 5.78. The molecule has 22 heavy (non-hydrogen) atoms. The molecular weight excluding hydrogens is 279 g/mol. The predicted molar refractivity (Wildman–Crippen MR) is 84.8 cm³/mol. The zero-order valence-corrected chi connectivity index (χ0v) is 13.2. The largest absolute Gasteiger partial charge is 0.346 e. The molecule has 1 saturated carbocycles. The van der Waals surface area contributed by atoms with Gasteiger partial charge in [-0.1, -0.05) is 25.1 Å². The molecule has 2 fully saturated rings. The second-order valence-corrected chi connectivity index (χ2v) is 6.88. The first kappa shape index (κ1) is 15.5. The van der Waals surface area contributed by atoms with Crippen LogP contribution in [0.4, 0.5) is 4.39 Å². The van der Waals surface area contributed by atoms with E-state index in [9.17, 15) is 9.18 Å². The summed E-state index contributed by atoms with van der Waals surface area (Å²) in [6, 6.07) is 6.79. The molecule has 2 aliphatic rings. The fraction of sp³-hybridized carbons (Fsp3) is 0.611. The van der Waals surface area contributed by atoms with E-state index in [1.807, 2.05) is 6.07 Å². The average molecular weight is 304 g/mol. The van der Waals surface area contributed by atoms with Gasteiger partial charge < -0.3 is 10.6 Å². The van der Waals surface area contributed by atoms with Crippen LogP contribution in [0.1, 0.15) is 44.6 Å². The number of piperidine rings is 1. The molecule has 0 bridgehead atoms. The normalized spacial score (nSPS) is 22.1. The maximum atomic E-state index is 14.0. The maximum absolute atomic E-state index is 14.0. The van der Waals surface area contributed by atoms with E-state index in [0.717, 1.165) is 38.8 Å². The fourth-order valence-corrected chi connectivity index (χ4v) is 3.63. The van der Waals surface area contributed by atoms with E-state index in [-0.39, 0.29) is 11.7 Å². The fourth-order valence-electron chi connectivity index (χ4n) is 3.63. The molecule has 1 atom stereocenters. The smallest absolute Gasteiger partial charge is 0.220 e. The topological polar surface area (TPSA) is 41.1 Å². The zero-order valence-electron chi connectivity index (χ0n) is 13.2. The Morgan fingerprint density at radius 1 is 1.36 bits per heavy atom. The van der Waals surface area contributed by atoms with Crippen LogP contribution in [-0.2, 0) is 10.3 Å². The molecule has 1 aromatic rings. The minimum Gasteiger partial charge on any atom is -0.346 e. The Hall–Kier alpha value is -1.42. The maximum Gasteiger partial charge on any atom is 0.220 e. The van der Waals surface area contributed by atoms with Gasteiger partial charge in [0.15, 0.2) is 0 Å². The summed E-state index contributed by atoms with van der Waals surface area (Å²) in [5, 5.41) is 6.46. The van der Waals surface area contributed by atoms with Gasteiger partial charge in [-0.05, 0) is 56.7 Å². The summed E-state index contributed by atoms with van der Waals surface area (Å²) >= 11 is 0. The van der Waals surface area contributed by atoms with Crippen molar-refractivity contribution in [2.75, 3.05) is 13.1 Å². The van der Waals surface area contributed by atoms with Gasteiger partial charge in [-0.15, -0.1) is 0 Å². The second-order valence-electron chi connectivity index (χ2n) is 6.88. The first-order valence-corrected chi connectivity index (χ1v) is 8.37. The number of carbonyl (C=O) groups excluding carboxylic acids is 1. The monoisotopic (exact) mass is 304 g/mol. The number of benzene rings is 1. The van der Waals surface area contributed by atoms with Crippen LogP contribution in [0.2, 0.25) is 0 Å². The molecule has 1 saturated heterocycles. The van der Waals surface area contributed by atoms with Gasteiger partial charge in [-0.25, -0.2) is 4.39 Å². The average Bonchev–Trinajstić information content (AvgIpc) is 3.28. The summed E-state index contributed by atoms with van der Waals surface area (Å²) < 4.78 is 14.0. The van der Waals surface area contributed by atoms with Crippen molar-refractivity contribution in [3.8, 4) is 0 Å². The molecule has 1 aliphatic carbocycles. The van der Waals surface area contributed by atoms with E-state index in [1.165, 1.54) is 6.07 Å². The quantitative estimate of drug-likeness (QED) is 0.878. The van der Waals surface area contributed by atoms with E-state index >= 15 is 0 Å². The Bertz CT molecular complexity index is 536. The van der Waals surface area contributed by atoms with Crippen molar-refractivity contribution < 1.29 is 9.18 Å². The molecule has 1 aromatic carbocycles. The van der Waals surface area contributed by atoms with E-state index in [2.05, 4.69) is 17.6 Å². The molecule has 1 aliphatic heterocycles. The van der Waals surface area contributed by atoms with Crippen molar-refractivity contribution in [1.82, 2.24) is 10.6 Å². The van der Waals surface area contributed by atoms with Gasteiger partial charge in [0.1, 0.15) is 5.82 Å². The number of hydrogen-bond acceptors (Lipinski definition) is 2. The van der Waals surface area contributed by atoms with Crippen LogP contribution >= 0.6 is 0 Å². The standard InChI is InChI=1S/C18H25FN2O/c1-13(14-6-10-20-11-7-14)12-17(22)21-18(8-9-18)15-4-2-3-5-16(15)19/h2-5,13-14,20H,6-12H2,1H3,(H,21,22). The van der Waals surface area contributed by atoms with Gasteiger partial charge in [-0.2, -0.15) is 0 Å². The zero-order chi connectivity index (χ0) is 15.6. The lowest BCUT2D eigenvalue weighted by atomic mass is 9.84. The van der Waals surface area contributed by atoms with Gasteiger partial charge in [0.25, 0.3) is 0 Å². The molecule has 1 amide bonds. The number of hydrogen-bond donors (Lipinski definition) is 2. The van der Waals surface area contributed by atoms with Gasteiger partial charge in [0.05, 0.1) is 5.54 Å². The summed E-state index contributed by atoms with van der Waals surface area (Å²) in [4.78, 5) is 12.4. The minimum atomic E-state index is -0.448. The molecular formula is C18H25FN2O. The third kappa shape index (κ3) is 3.32. The lowest BCUT2D eigenvalue weighted by Crippen LogP contribution is -2.38. The van der Waals surface area contributed by atoms with E-state index < -0.39 is 5.54 Å². The van der Waals surface area contributed by atoms with Crippen LogP contribution in [0.5, 0.6) is 0 Å². The van der Waals surface area contributed by atoms with Crippen molar-refractivity contribution in [1.29, 1.82) is 0 Å². The summed E-state index contributed by atoms with van der Waals surface area (Å²) in [6.45, 7) is 4.27. The highest BCUT2D eigenvalue weighted by Gasteiger charge is 2.47. The predicted octanol–water partition coefficient (Wildman–Crippen LogP) is 2.96. The number of rotatable bonds is 5. The SMILES string of the molecule is CC(CC(=O)NC1(c2ccccc2F)CC1)C1CCNCC1. The summed E-state index contributed by atoms with van der Waals surface area (Å²) in [5.74, 6) is 0.854. The Labute approximate surface area is 131 Å². The molecule has 1 heterocycles.